The zero-order valence-electron chi connectivity index (χ0n) is 15.7. The van der Waals surface area contributed by atoms with Crippen LogP contribution in [0.5, 0.6) is 0 Å². The number of nitrogens with zero attached hydrogens (tertiary/aromatic N) is 2. The van der Waals surface area contributed by atoms with Crippen molar-refractivity contribution in [1.82, 2.24) is 9.47 Å². The van der Waals surface area contributed by atoms with Gasteiger partial charge in [0.05, 0.1) is 12.3 Å². The molecule has 0 radical (unpaired) electrons. The SMILES string of the molecule is Cn1cccc1C(=O)C[C@H](CO)N(Cc1ccccc1)Cc1ccccc1. The summed E-state index contributed by atoms with van der Waals surface area (Å²) in [5.41, 5.74) is 3.00. The molecular formula is C23H26N2O2. The van der Waals surface area contributed by atoms with E-state index in [1.54, 1.807) is 0 Å². The van der Waals surface area contributed by atoms with Gasteiger partial charge in [-0.15, -0.1) is 0 Å². The van der Waals surface area contributed by atoms with Crippen molar-refractivity contribution >= 4 is 5.78 Å². The van der Waals surface area contributed by atoms with Crippen molar-refractivity contribution in [2.45, 2.75) is 25.6 Å². The van der Waals surface area contributed by atoms with Crippen LogP contribution in [0.15, 0.2) is 79.0 Å². The lowest BCUT2D eigenvalue weighted by Crippen LogP contribution is -2.39. The van der Waals surface area contributed by atoms with Crippen LogP contribution in [-0.2, 0) is 20.1 Å². The maximum Gasteiger partial charge on any atom is 0.180 e. The average molecular weight is 362 g/mol. The summed E-state index contributed by atoms with van der Waals surface area (Å²) in [6.45, 7) is 1.30. The maximum absolute atomic E-state index is 12.7. The lowest BCUT2D eigenvalue weighted by molar-refractivity contribution is 0.0773. The molecule has 2 aromatic carbocycles. The van der Waals surface area contributed by atoms with E-state index in [9.17, 15) is 9.90 Å². The molecule has 0 fully saturated rings. The molecule has 0 bridgehead atoms. The van der Waals surface area contributed by atoms with Crippen LogP contribution in [0.4, 0.5) is 0 Å². The van der Waals surface area contributed by atoms with E-state index in [1.807, 2.05) is 66.3 Å². The lowest BCUT2D eigenvalue weighted by Gasteiger charge is -2.30. The molecule has 3 aromatic rings. The molecule has 140 valence electrons. The van der Waals surface area contributed by atoms with E-state index in [0.29, 0.717) is 18.8 Å². The fraction of sp³-hybridized carbons (Fsp3) is 0.261. The van der Waals surface area contributed by atoms with Gasteiger partial charge in [0.15, 0.2) is 5.78 Å². The molecule has 27 heavy (non-hydrogen) atoms. The number of aryl methyl sites for hydroxylation is 1. The summed E-state index contributed by atoms with van der Waals surface area (Å²) in [4.78, 5) is 14.9. The molecule has 0 spiro atoms. The van der Waals surface area contributed by atoms with Gasteiger partial charge in [0, 0.05) is 38.8 Å². The summed E-state index contributed by atoms with van der Waals surface area (Å²) in [5, 5.41) is 10.1. The summed E-state index contributed by atoms with van der Waals surface area (Å²) in [5.74, 6) is 0.0488. The van der Waals surface area contributed by atoms with Gasteiger partial charge in [-0.2, -0.15) is 0 Å². The minimum absolute atomic E-state index is 0.0488. The third-order valence-corrected chi connectivity index (χ3v) is 4.83. The largest absolute Gasteiger partial charge is 0.395 e. The smallest absolute Gasteiger partial charge is 0.180 e. The predicted molar refractivity (Wildman–Crippen MR) is 107 cm³/mol. The summed E-state index contributed by atoms with van der Waals surface area (Å²) < 4.78 is 1.83. The fourth-order valence-electron chi connectivity index (χ4n) is 3.33. The molecule has 0 saturated heterocycles. The zero-order chi connectivity index (χ0) is 19.1. The normalized spacial score (nSPS) is 12.3. The van der Waals surface area contributed by atoms with E-state index in [-0.39, 0.29) is 24.9 Å². The molecule has 0 aliphatic carbocycles. The first-order valence-corrected chi connectivity index (χ1v) is 9.24. The average Bonchev–Trinajstić information content (AvgIpc) is 3.13. The van der Waals surface area contributed by atoms with Crippen LogP contribution in [0.1, 0.15) is 28.0 Å². The van der Waals surface area contributed by atoms with Crippen LogP contribution in [-0.4, -0.2) is 33.0 Å². The van der Waals surface area contributed by atoms with Gasteiger partial charge in [-0.25, -0.2) is 0 Å². The second kappa shape index (κ2) is 9.31. The van der Waals surface area contributed by atoms with Gasteiger partial charge in [-0.1, -0.05) is 60.7 Å². The molecule has 0 aliphatic rings. The van der Waals surface area contributed by atoms with Crippen molar-refractivity contribution in [3.8, 4) is 0 Å². The highest BCUT2D eigenvalue weighted by Crippen LogP contribution is 2.17. The van der Waals surface area contributed by atoms with E-state index in [1.165, 1.54) is 0 Å². The van der Waals surface area contributed by atoms with Gasteiger partial charge in [0.25, 0.3) is 0 Å². The fourth-order valence-corrected chi connectivity index (χ4v) is 3.33. The Balaban J connectivity index is 1.80. The minimum atomic E-state index is -0.243. The van der Waals surface area contributed by atoms with E-state index >= 15 is 0 Å². The summed E-state index contributed by atoms with van der Waals surface area (Å²) in [6, 6.07) is 23.8. The number of carbonyl (C=O) groups is 1. The Hall–Kier alpha value is -2.69. The first-order valence-electron chi connectivity index (χ1n) is 9.24. The van der Waals surface area contributed by atoms with E-state index in [0.717, 1.165) is 11.1 Å². The molecule has 4 heteroatoms. The Morgan fingerprint density at radius 3 is 1.93 bits per heavy atom. The molecule has 0 aliphatic heterocycles. The van der Waals surface area contributed by atoms with Crippen molar-refractivity contribution in [1.29, 1.82) is 0 Å². The van der Waals surface area contributed by atoms with Gasteiger partial charge in [0.1, 0.15) is 0 Å². The van der Waals surface area contributed by atoms with Crippen LogP contribution < -0.4 is 0 Å². The molecule has 0 amide bonds. The quantitative estimate of drug-likeness (QED) is 0.591. The monoisotopic (exact) mass is 362 g/mol. The highest BCUT2D eigenvalue weighted by atomic mass is 16.3. The summed E-state index contributed by atoms with van der Waals surface area (Å²) in [7, 11) is 1.87. The number of ketones is 1. The third kappa shape index (κ3) is 5.16. The molecule has 1 N–H and O–H groups in total. The number of rotatable bonds is 9. The Kier molecular flexibility index (Phi) is 6.58. The maximum atomic E-state index is 12.7. The number of benzene rings is 2. The summed E-state index contributed by atoms with van der Waals surface area (Å²) >= 11 is 0. The van der Waals surface area contributed by atoms with Gasteiger partial charge in [-0.05, 0) is 23.3 Å². The number of carbonyl (C=O) groups excluding carboxylic acids is 1. The first-order chi connectivity index (χ1) is 13.2. The van der Waals surface area contributed by atoms with Crippen LogP contribution in [0, 0.1) is 0 Å². The molecular weight excluding hydrogens is 336 g/mol. The second-order valence-electron chi connectivity index (χ2n) is 6.84. The van der Waals surface area contributed by atoms with Crippen LogP contribution >= 0.6 is 0 Å². The Morgan fingerprint density at radius 2 is 1.48 bits per heavy atom. The van der Waals surface area contributed by atoms with E-state index < -0.39 is 0 Å². The summed E-state index contributed by atoms with van der Waals surface area (Å²) in [6.07, 6.45) is 2.15. The molecule has 0 saturated carbocycles. The van der Waals surface area contributed by atoms with Crippen molar-refractivity contribution in [2.75, 3.05) is 6.61 Å². The number of aliphatic hydroxyl groups is 1. The molecule has 1 atom stereocenters. The van der Waals surface area contributed by atoms with Crippen molar-refractivity contribution in [3.05, 3.63) is 95.8 Å². The predicted octanol–water partition coefficient (Wildman–Crippen LogP) is 3.66. The number of aromatic nitrogens is 1. The molecule has 1 aromatic heterocycles. The van der Waals surface area contributed by atoms with Gasteiger partial charge < -0.3 is 9.67 Å². The zero-order valence-corrected chi connectivity index (χ0v) is 15.7. The molecule has 0 unspecified atom stereocenters. The van der Waals surface area contributed by atoms with Crippen molar-refractivity contribution in [3.63, 3.8) is 0 Å². The number of Topliss-reactive ketones (excluding diaryl/α,β-unsaturated/α-hetero) is 1. The van der Waals surface area contributed by atoms with E-state index in [2.05, 4.69) is 29.2 Å². The van der Waals surface area contributed by atoms with Crippen LogP contribution in [0.25, 0.3) is 0 Å². The number of hydrogen-bond acceptors (Lipinski definition) is 3. The Morgan fingerprint density at radius 1 is 0.926 bits per heavy atom. The Labute approximate surface area is 160 Å². The number of hydrogen-bond donors (Lipinski definition) is 1. The van der Waals surface area contributed by atoms with Gasteiger partial charge in [0.2, 0.25) is 0 Å². The second-order valence-corrected chi connectivity index (χ2v) is 6.84. The number of aliphatic hydroxyl groups excluding tert-OH is 1. The molecule has 1 heterocycles. The highest BCUT2D eigenvalue weighted by Gasteiger charge is 2.23. The van der Waals surface area contributed by atoms with Gasteiger partial charge in [-0.3, -0.25) is 9.69 Å². The highest BCUT2D eigenvalue weighted by molar-refractivity contribution is 5.95. The van der Waals surface area contributed by atoms with Crippen molar-refractivity contribution < 1.29 is 9.90 Å². The van der Waals surface area contributed by atoms with Crippen LogP contribution in [0.2, 0.25) is 0 Å². The lowest BCUT2D eigenvalue weighted by atomic mass is 10.0. The molecule has 4 nitrogen and oxygen atoms in total. The van der Waals surface area contributed by atoms with Crippen molar-refractivity contribution in [2.24, 2.45) is 7.05 Å². The minimum Gasteiger partial charge on any atom is -0.395 e. The van der Waals surface area contributed by atoms with Gasteiger partial charge >= 0.3 is 0 Å². The Bertz CT molecular complexity index is 802. The van der Waals surface area contributed by atoms with Crippen LogP contribution in [0.3, 0.4) is 0 Å². The topological polar surface area (TPSA) is 45.5 Å². The first kappa shape index (κ1) is 19.1. The standard InChI is InChI=1S/C23H26N2O2/c1-24-14-8-13-22(24)23(27)15-21(18-26)25(16-19-9-4-2-5-10-19)17-20-11-6-3-7-12-20/h2-14,21,26H,15-18H2,1H3/t21-/m1/s1. The third-order valence-electron chi connectivity index (χ3n) is 4.83. The molecule has 3 rings (SSSR count). The van der Waals surface area contributed by atoms with E-state index in [4.69, 9.17) is 0 Å².